The fraction of sp³-hybridized carbons (Fsp3) is 0.424. The van der Waals surface area contributed by atoms with E-state index in [1.807, 2.05) is 54.7 Å². The maximum atomic E-state index is 15.7. The molecule has 0 radical (unpaired) electrons. The zero-order valence-corrected chi connectivity index (χ0v) is 26.3. The molecule has 1 aliphatic heterocycles. The Labute approximate surface area is 253 Å². The maximum Gasteiger partial charge on any atom is 0.297 e. The molecular formula is C33H41FN4O4Si. The van der Waals surface area contributed by atoms with E-state index in [9.17, 15) is 9.90 Å². The summed E-state index contributed by atoms with van der Waals surface area (Å²) in [4.78, 5) is 12.7. The molecule has 1 fully saturated rings. The normalized spacial score (nSPS) is 21.2. The van der Waals surface area contributed by atoms with Gasteiger partial charge in [-0.3, -0.25) is 14.0 Å². The summed E-state index contributed by atoms with van der Waals surface area (Å²) in [6.45, 7) is 6.18. The number of aryl methyl sites for hydroxylation is 2. The van der Waals surface area contributed by atoms with E-state index < -0.39 is 8.41 Å². The lowest BCUT2D eigenvalue weighted by molar-refractivity contribution is 0.0247. The Balaban J connectivity index is 1.25. The van der Waals surface area contributed by atoms with Crippen molar-refractivity contribution in [2.45, 2.75) is 69.5 Å². The van der Waals surface area contributed by atoms with Gasteiger partial charge in [0.15, 0.2) is 5.75 Å². The van der Waals surface area contributed by atoms with E-state index in [0.29, 0.717) is 24.4 Å². The summed E-state index contributed by atoms with van der Waals surface area (Å²) < 4.78 is 30.8. The minimum atomic E-state index is -3.02. The van der Waals surface area contributed by atoms with E-state index in [1.165, 1.54) is 7.11 Å². The third-order valence-corrected chi connectivity index (χ3v) is 11.2. The average Bonchev–Trinajstić information content (AvgIpc) is 3.60. The van der Waals surface area contributed by atoms with Gasteiger partial charge in [-0.2, -0.15) is 0 Å². The smallest absolute Gasteiger partial charge is 0.297 e. The number of nitrogens with zero attached hydrogens (tertiary/aromatic N) is 4. The number of halogens is 1. The van der Waals surface area contributed by atoms with Crippen LogP contribution in [0.1, 0.15) is 42.5 Å². The molecule has 0 saturated carbocycles. The van der Waals surface area contributed by atoms with Crippen LogP contribution in [0.2, 0.25) is 18.6 Å². The van der Waals surface area contributed by atoms with E-state index in [-0.39, 0.29) is 41.8 Å². The zero-order chi connectivity index (χ0) is 30.6. The number of rotatable bonds is 12. The van der Waals surface area contributed by atoms with E-state index in [2.05, 4.69) is 23.3 Å². The van der Waals surface area contributed by atoms with Crippen molar-refractivity contribution in [2.24, 2.45) is 5.92 Å². The quantitative estimate of drug-likeness (QED) is 0.169. The topological polar surface area (TPSA) is 91.4 Å². The van der Waals surface area contributed by atoms with E-state index in [0.717, 1.165) is 29.7 Å². The number of hydrogen-bond donors (Lipinski definition) is 1. The summed E-state index contributed by atoms with van der Waals surface area (Å²) >= 11 is 0. The van der Waals surface area contributed by atoms with Gasteiger partial charge in [0.25, 0.3) is 5.56 Å². The number of aromatic nitrogens is 4. The number of methoxy groups -OCH3 is 1. The van der Waals surface area contributed by atoms with Crippen LogP contribution in [-0.2, 0) is 17.7 Å². The number of hydrogen-bond acceptors (Lipinski definition) is 6. The Bertz CT molecular complexity index is 1550. The molecule has 1 N–H and O–H groups in total. The third kappa shape index (κ3) is 6.97. The van der Waals surface area contributed by atoms with Crippen LogP contribution in [0.25, 0.3) is 5.69 Å². The molecular weight excluding hydrogens is 563 g/mol. The second kappa shape index (κ2) is 13.4. The first-order chi connectivity index (χ1) is 20.7. The molecule has 5 rings (SSSR count). The van der Waals surface area contributed by atoms with Crippen LogP contribution in [0.4, 0.5) is 4.11 Å². The van der Waals surface area contributed by atoms with Gasteiger partial charge in [-0.1, -0.05) is 54.6 Å². The van der Waals surface area contributed by atoms with Crippen LogP contribution in [0, 0.1) is 5.92 Å². The molecule has 2 aromatic carbocycles. The maximum absolute atomic E-state index is 15.7. The van der Waals surface area contributed by atoms with Crippen LogP contribution in [0.15, 0.2) is 83.9 Å². The largest absolute Gasteiger partial charge is 0.491 e. The molecule has 10 heteroatoms. The fourth-order valence-corrected chi connectivity index (χ4v) is 9.14. The SMILES string of the molecule is COc1cccn(-c2cccc(CC[C@H]3O[C@@H](CCn4cc(C(CO)c5ccccc5)nn4)[C@H]([Si](C)(C)F)[C@H]3C)c2)c1=O. The van der Waals surface area contributed by atoms with Crippen molar-refractivity contribution < 1.29 is 18.7 Å². The van der Waals surface area contributed by atoms with Gasteiger partial charge in [-0.05, 0) is 73.7 Å². The number of pyridine rings is 1. The summed E-state index contributed by atoms with van der Waals surface area (Å²) in [7, 11) is -1.53. The molecule has 1 unspecified atom stereocenters. The molecule has 8 nitrogen and oxygen atoms in total. The van der Waals surface area contributed by atoms with Crippen LogP contribution in [0.5, 0.6) is 5.75 Å². The Morgan fingerprint density at radius 3 is 2.58 bits per heavy atom. The van der Waals surface area contributed by atoms with Gasteiger partial charge < -0.3 is 18.7 Å². The summed E-state index contributed by atoms with van der Waals surface area (Å²) in [6, 6.07) is 21.1. The molecule has 3 heterocycles. The second-order valence-corrected chi connectivity index (χ2v) is 15.8. The summed E-state index contributed by atoms with van der Waals surface area (Å²) in [5, 5.41) is 18.7. The summed E-state index contributed by atoms with van der Waals surface area (Å²) in [6.07, 6.45) is 5.49. The Hall–Kier alpha value is -3.60. The molecule has 0 aliphatic carbocycles. The minimum absolute atomic E-state index is 0.0590. The predicted octanol–water partition coefficient (Wildman–Crippen LogP) is 5.53. The van der Waals surface area contributed by atoms with Crippen molar-refractivity contribution in [3.05, 3.63) is 106 Å². The van der Waals surface area contributed by atoms with Crippen LogP contribution in [-0.4, -0.2) is 59.0 Å². The first-order valence-corrected chi connectivity index (χ1v) is 17.9. The third-order valence-electron chi connectivity index (χ3n) is 8.67. The van der Waals surface area contributed by atoms with Gasteiger partial charge in [-0.25, -0.2) is 0 Å². The lowest BCUT2D eigenvalue weighted by Crippen LogP contribution is -2.36. The Kier molecular flexibility index (Phi) is 9.58. The molecule has 2 aromatic heterocycles. The molecule has 43 heavy (non-hydrogen) atoms. The standard InChI is InChI=1S/C33H41FN4O4Si/c1-23-29(16-15-24-10-8-13-26(20-24)38-18-9-14-31(41-2)33(38)40)42-30(32(23)43(3,4)34)17-19-37-21-28(35-36-37)27(22-39)25-11-6-5-7-12-25/h5-14,18,20-21,23,27,29-30,32,39H,15-17,19,22H2,1-4H3/t23-,27?,29+,30-,32+/m0/s1. The molecule has 0 amide bonds. The minimum Gasteiger partial charge on any atom is -0.491 e. The first kappa shape index (κ1) is 30.8. The monoisotopic (exact) mass is 604 g/mol. The molecule has 1 aliphatic rings. The van der Waals surface area contributed by atoms with Crippen molar-refractivity contribution in [1.29, 1.82) is 0 Å². The molecule has 228 valence electrons. The van der Waals surface area contributed by atoms with Crippen molar-refractivity contribution in [1.82, 2.24) is 19.6 Å². The number of aliphatic hydroxyl groups is 1. The highest BCUT2D eigenvalue weighted by molar-refractivity contribution is 6.72. The highest BCUT2D eigenvalue weighted by Gasteiger charge is 2.50. The van der Waals surface area contributed by atoms with E-state index in [1.54, 1.807) is 40.7 Å². The molecule has 0 spiro atoms. The van der Waals surface area contributed by atoms with Crippen molar-refractivity contribution in [2.75, 3.05) is 13.7 Å². The lowest BCUT2D eigenvalue weighted by atomic mass is 9.95. The first-order valence-electron chi connectivity index (χ1n) is 14.9. The van der Waals surface area contributed by atoms with Crippen molar-refractivity contribution in [3.8, 4) is 11.4 Å². The van der Waals surface area contributed by atoms with Gasteiger partial charge in [0.05, 0.1) is 37.5 Å². The highest BCUT2D eigenvalue weighted by Crippen LogP contribution is 2.47. The van der Waals surface area contributed by atoms with Gasteiger partial charge in [0, 0.05) is 30.2 Å². The number of ether oxygens (including phenoxy) is 2. The second-order valence-electron chi connectivity index (χ2n) is 12.0. The number of benzene rings is 2. The highest BCUT2D eigenvalue weighted by atomic mass is 28.4. The van der Waals surface area contributed by atoms with E-state index in [4.69, 9.17) is 9.47 Å². The van der Waals surface area contributed by atoms with Gasteiger partial charge in [0.1, 0.15) is 0 Å². The predicted molar refractivity (Wildman–Crippen MR) is 167 cm³/mol. The van der Waals surface area contributed by atoms with Crippen LogP contribution < -0.4 is 10.3 Å². The van der Waals surface area contributed by atoms with Crippen molar-refractivity contribution >= 4 is 8.41 Å². The molecule has 5 atom stereocenters. The molecule has 1 saturated heterocycles. The Morgan fingerprint density at radius 1 is 1.07 bits per heavy atom. The van der Waals surface area contributed by atoms with Gasteiger partial charge in [0.2, 0.25) is 8.41 Å². The fourth-order valence-electron chi connectivity index (χ4n) is 6.55. The summed E-state index contributed by atoms with van der Waals surface area (Å²) in [5.41, 5.74) is 3.23. The van der Waals surface area contributed by atoms with E-state index >= 15 is 4.11 Å². The zero-order valence-electron chi connectivity index (χ0n) is 25.3. The van der Waals surface area contributed by atoms with Crippen LogP contribution >= 0.6 is 0 Å². The number of aliphatic hydroxyl groups excluding tert-OH is 1. The average molecular weight is 605 g/mol. The van der Waals surface area contributed by atoms with Gasteiger partial charge >= 0.3 is 0 Å². The van der Waals surface area contributed by atoms with Crippen molar-refractivity contribution in [3.63, 3.8) is 0 Å². The molecule has 0 bridgehead atoms. The lowest BCUT2D eigenvalue weighted by Gasteiger charge is -2.28. The molecule has 4 aromatic rings. The summed E-state index contributed by atoms with van der Waals surface area (Å²) in [5.74, 6) is 0.139. The van der Waals surface area contributed by atoms with Crippen LogP contribution in [0.3, 0.4) is 0 Å². The van der Waals surface area contributed by atoms with Gasteiger partial charge in [-0.15, -0.1) is 5.10 Å². The Morgan fingerprint density at radius 2 is 1.86 bits per heavy atom.